The third-order valence-corrected chi connectivity index (χ3v) is 7.30. The molecule has 0 bridgehead atoms. The summed E-state index contributed by atoms with van der Waals surface area (Å²) in [6.07, 6.45) is 0.782. The summed E-state index contributed by atoms with van der Waals surface area (Å²) in [7, 11) is -0.818. The molecule has 1 saturated heterocycles. The second kappa shape index (κ2) is 10.5. The molecule has 10 heteroatoms. The van der Waals surface area contributed by atoms with Gasteiger partial charge in [0.15, 0.2) is 0 Å². The van der Waals surface area contributed by atoms with Crippen LogP contribution in [0.5, 0.6) is 0 Å². The first-order valence-electron chi connectivity index (χ1n) is 10.6. The van der Waals surface area contributed by atoms with E-state index in [1.807, 2.05) is 12.1 Å². The van der Waals surface area contributed by atoms with Gasteiger partial charge in [0.25, 0.3) is 5.91 Å². The highest BCUT2D eigenvalue weighted by Gasteiger charge is 2.21. The van der Waals surface area contributed by atoms with Crippen molar-refractivity contribution in [2.45, 2.75) is 11.3 Å². The van der Waals surface area contributed by atoms with Crippen LogP contribution in [0, 0.1) is 11.3 Å². The van der Waals surface area contributed by atoms with E-state index >= 15 is 0 Å². The maximum Gasteiger partial charge on any atom is 0.251 e. The number of amides is 2. The van der Waals surface area contributed by atoms with E-state index in [-0.39, 0.29) is 22.9 Å². The van der Waals surface area contributed by atoms with Crippen molar-refractivity contribution in [1.82, 2.24) is 14.5 Å². The van der Waals surface area contributed by atoms with Crippen molar-refractivity contribution in [3.63, 3.8) is 0 Å². The lowest BCUT2D eigenvalue weighted by Gasteiger charge is -2.24. The lowest BCUT2D eigenvalue weighted by molar-refractivity contribution is -0.129. The summed E-state index contributed by atoms with van der Waals surface area (Å²) < 4.78 is 25.7. The first-order valence-corrected chi connectivity index (χ1v) is 12.0. The van der Waals surface area contributed by atoms with Gasteiger partial charge in [-0.25, -0.2) is 12.7 Å². The molecule has 2 aromatic carbocycles. The number of anilines is 1. The molecule has 0 saturated carbocycles. The summed E-state index contributed by atoms with van der Waals surface area (Å²) in [5, 5.41) is 11.5. The number of sulfonamides is 1. The largest absolute Gasteiger partial charge is 0.370 e. The van der Waals surface area contributed by atoms with Crippen molar-refractivity contribution in [3.8, 4) is 6.07 Å². The molecule has 1 heterocycles. The van der Waals surface area contributed by atoms with Crippen LogP contribution in [-0.2, 0) is 14.8 Å². The molecule has 174 valence electrons. The third kappa shape index (κ3) is 5.88. The Kier molecular flexibility index (Phi) is 7.68. The quantitative estimate of drug-likeness (QED) is 0.682. The van der Waals surface area contributed by atoms with Gasteiger partial charge in [0.2, 0.25) is 15.9 Å². The van der Waals surface area contributed by atoms with E-state index in [0.717, 1.165) is 23.0 Å². The number of carbonyl (C=O) groups is 2. The standard InChI is InChI=1S/C23H27N5O4S/c1-26(2)33(31,32)21-6-3-5-19(15-21)23(30)25-17-22(29)28-12-4-11-27(13-14-28)20-9-7-18(16-24)8-10-20/h3,5-10,15H,4,11-14,17H2,1-2H3,(H,25,30). The Balaban J connectivity index is 1.56. The first kappa shape index (κ1) is 24.2. The van der Waals surface area contributed by atoms with Crippen LogP contribution in [0.4, 0.5) is 5.69 Å². The molecule has 0 radical (unpaired) electrons. The Labute approximate surface area is 194 Å². The van der Waals surface area contributed by atoms with Gasteiger partial charge in [0.05, 0.1) is 23.1 Å². The van der Waals surface area contributed by atoms with Gasteiger partial charge in [-0.1, -0.05) is 6.07 Å². The molecule has 1 fully saturated rings. The summed E-state index contributed by atoms with van der Waals surface area (Å²) in [5.74, 6) is -0.699. The molecular formula is C23H27N5O4S. The molecule has 1 aliphatic rings. The summed E-state index contributed by atoms with van der Waals surface area (Å²) in [6, 6.07) is 15.2. The zero-order valence-corrected chi connectivity index (χ0v) is 19.5. The van der Waals surface area contributed by atoms with Crippen LogP contribution < -0.4 is 10.2 Å². The average Bonchev–Trinajstić information content (AvgIpc) is 3.09. The van der Waals surface area contributed by atoms with E-state index in [1.54, 1.807) is 17.0 Å². The Morgan fingerprint density at radius 1 is 1.06 bits per heavy atom. The van der Waals surface area contributed by atoms with Gasteiger partial charge in [-0.15, -0.1) is 0 Å². The average molecular weight is 470 g/mol. The van der Waals surface area contributed by atoms with Crippen molar-refractivity contribution in [2.75, 3.05) is 51.7 Å². The number of nitriles is 1. The van der Waals surface area contributed by atoms with Crippen molar-refractivity contribution in [3.05, 3.63) is 59.7 Å². The number of nitrogens with zero attached hydrogens (tertiary/aromatic N) is 4. The van der Waals surface area contributed by atoms with Crippen molar-refractivity contribution < 1.29 is 18.0 Å². The molecule has 0 unspecified atom stereocenters. The number of carbonyl (C=O) groups excluding carboxylic acids is 2. The molecule has 2 aromatic rings. The van der Waals surface area contributed by atoms with Crippen molar-refractivity contribution in [2.24, 2.45) is 0 Å². The van der Waals surface area contributed by atoms with Crippen LogP contribution >= 0.6 is 0 Å². The second-order valence-corrected chi connectivity index (χ2v) is 10.0. The maximum atomic E-state index is 12.7. The second-order valence-electron chi connectivity index (χ2n) is 7.88. The van der Waals surface area contributed by atoms with Gasteiger partial charge in [-0.05, 0) is 48.9 Å². The zero-order chi connectivity index (χ0) is 24.0. The van der Waals surface area contributed by atoms with E-state index in [2.05, 4.69) is 16.3 Å². The predicted molar refractivity (Wildman–Crippen MR) is 124 cm³/mol. The van der Waals surface area contributed by atoms with Crippen LogP contribution in [0.1, 0.15) is 22.3 Å². The molecule has 0 spiro atoms. The molecule has 0 atom stereocenters. The van der Waals surface area contributed by atoms with Crippen molar-refractivity contribution in [1.29, 1.82) is 5.26 Å². The third-order valence-electron chi connectivity index (χ3n) is 5.49. The molecule has 0 aromatic heterocycles. The highest BCUT2D eigenvalue weighted by Crippen LogP contribution is 2.18. The predicted octanol–water partition coefficient (Wildman–Crippen LogP) is 1.28. The molecule has 0 aliphatic carbocycles. The minimum atomic E-state index is -3.66. The number of benzene rings is 2. The number of rotatable bonds is 6. The molecule has 3 rings (SSSR count). The van der Waals surface area contributed by atoms with Gasteiger partial charge in [-0.2, -0.15) is 5.26 Å². The lowest BCUT2D eigenvalue weighted by Crippen LogP contribution is -2.42. The normalized spacial score (nSPS) is 14.5. The van der Waals surface area contributed by atoms with E-state index in [4.69, 9.17) is 5.26 Å². The van der Waals surface area contributed by atoms with Crippen molar-refractivity contribution >= 4 is 27.5 Å². The Morgan fingerprint density at radius 3 is 2.45 bits per heavy atom. The summed E-state index contributed by atoms with van der Waals surface area (Å²) in [4.78, 5) is 29.1. The SMILES string of the molecule is CN(C)S(=O)(=O)c1cccc(C(=O)NCC(=O)N2CCCN(c3ccc(C#N)cc3)CC2)c1. The van der Waals surface area contributed by atoms with Crippen LogP contribution in [0.2, 0.25) is 0 Å². The molecule has 1 N–H and O–H groups in total. The van der Waals surface area contributed by atoms with Gasteiger partial charge < -0.3 is 15.1 Å². The molecular weight excluding hydrogens is 442 g/mol. The Hall–Kier alpha value is -3.42. The number of hydrogen-bond donors (Lipinski definition) is 1. The van der Waals surface area contributed by atoms with Crippen LogP contribution in [0.25, 0.3) is 0 Å². The lowest BCUT2D eigenvalue weighted by atomic mass is 10.2. The maximum absolute atomic E-state index is 12.7. The zero-order valence-electron chi connectivity index (χ0n) is 18.7. The van der Waals surface area contributed by atoms with Crippen LogP contribution in [0.3, 0.4) is 0 Å². The smallest absolute Gasteiger partial charge is 0.251 e. The molecule has 2 amide bonds. The highest BCUT2D eigenvalue weighted by atomic mass is 32.2. The van der Waals surface area contributed by atoms with Gasteiger partial charge >= 0.3 is 0 Å². The topological polar surface area (TPSA) is 114 Å². The number of nitrogens with one attached hydrogen (secondary N) is 1. The fourth-order valence-electron chi connectivity index (χ4n) is 3.55. The Bertz CT molecular complexity index is 1160. The summed E-state index contributed by atoms with van der Waals surface area (Å²) in [6.45, 7) is 2.37. The van der Waals surface area contributed by atoms with Gasteiger partial charge in [-0.3, -0.25) is 9.59 Å². The molecule has 1 aliphatic heterocycles. The van der Waals surface area contributed by atoms with E-state index in [9.17, 15) is 18.0 Å². The monoisotopic (exact) mass is 469 g/mol. The van der Waals surface area contributed by atoms with Crippen LogP contribution in [-0.4, -0.2) is 76.3 Å². The Morgan fingerprint density at radius 2 is 1.79 bits per heavy atom. The summed E-state index contributed by atoms with van der Waals surface area (Å²) in [5.41, 5.74) is 1.78. The summed E-state index contributed by atoms with van der Waals surface area (Å²) >= 11 is 0. The fourth-order valence-corrected chi connectivity index (χ4v) is 4.50. The fraction of sp³-hybridized carbons (Fsp3) is 0.348. The van der Waals surface area contributed by atoms with Gasteiger partial charge in [0, 0.05) is 51.5 Å². The minimum Gasteiger partial charge on any atom is -0.370 e. The van der Waals surface area contributed by atoms with Crippen LogP contribution in [0.15, 0.2) is 53.4 Å². The first-order chi connectivity index (χ1) is 15.7. The van der Waals surface area contributed by atoms with E-state index in [1.165, 1.54) is 38.4 Å². The molecule has 33 heavy (non-hydrogen) atoms. The van der Waals surface area contributed by atoms with E-state index in [0.29, 0.717) is 25.2 Å². The van der Waals surface area contributed by atoms with Gasteiger partial charge in [0.1, 0.15) is 0 Å². The highest BCUT2D eigenvalue weighted by molar-refractivity contribution is 7.89. The number of hydrogen-bond acceptors (Lipinski definition) is 6. The van der Waals surface area contributed by atoms with E-state index < -0.39 is 15.9 Å². The molecule has 9 nitrogen and oxygen atoms in total. The minimum absolute atomic E-state index is 0.0156.